The zero-order valence-electron chi connectivity index (χ0n) is 8.37. The van der Waals surface area contributed by atoms with Gasteiger partial charge in [0.25, 0.3) is 0 Å². The molecule has 0 saturated carbocycles. The maximum absolute atomic E-state index is 11.4. The van der Waals surface area contributed by atoms with Gasteiger partial charge in [0.1, 0.15) is 5.92 Å². The predicted molar refractivity (Wildman–Crippen MR) is 51.7 cm³/mol. The Hall–Kier alpha value is -1.30. The Morgan fingerprint density at radius 2 is 2.08 bits per heavy atom. The molecule has 0 bridgehead atoms. The quantitative estimate of drug-likeness (QED) is 0.666. The van der Waals surface area contributed by atoms with Crippen molar-refractivity contribution in [3.8, 4) is 6.07 Å². The van der Waals surface area contributed by atoms with Crippen LogP contribution >= 0.6 is 0 Å². The van der Waals surface area contributed by atoms with Gasteiger partial charge >= 0.3 is 0 Å². The van der Waals surface area contributed by atoms with Gasteiger partial charge in [-0.2, -0.15) is 5.26 Å². The summed E-state index contributed by atoms with van der Waals surface area (Å²) >= 11 is 0. The Bertz CT molecular complexity index is 228. The van der Waals surface area contributed by atoms with Crippen LogP contribution in [0.1, 0.15) is 20.8 Å². The van der Waals surface area contributed by atoms with Crippen molar-refractivity contribution in [2.45, 2.75) is 26.8 Å². The van der Waals surface area contributed by atoms with E-state index in [1.807, 2.05) is 26.8 Å². The van der Waals surface area contributed by atoms with Crippen molar-refractivity contribution in [1.29, 1.82) is 5.26 Å². The molecule has 0 spiro atoms. The van der Waals surface area contributed by atoms with Gasteiger partial charge in [-0.15, -0.1) is 6.58 Å². The number of nitrogens with zero attached hydrogens (tertiary/aromatic N) is 1. The fourth-order valence-corrected chi connectivity index (χ4v) is 0.884. The maximum Gasteiger partial charge on any atom is 0.238 e. The molecule has 0 saturated heterocycles. The number of rotatable bonds is 4. The van der Waals surface area contributed by atoms with Gasteiger partial charge in [0, 0.05) is 6.04 Å². The molecule has 0 aromatic carbocycles. The van der Waals surface area contributed by atoms with Gasteiger partial charge in [0.2, 0.25) is 5.91 Å². The van der Waals surface area contributed by atoms with E-state index in [4.69, 9.17) is 5.26 Å². The number of nitrogens with one attached hydrogen (secondary N) is 1. The SMILES string of the molecule is C=CC(C)NC(=O)C(C#N)C(C)C. The molecular formula is C10H16N2O. The van der Waals surface area contributed by atoms with Gasteiger partial charge in [-0.05, 0) is 12.8 Å². The summed E-state index contributed by atoms with van der Waals surface area (Å²) in [6.07, 6.45) is 1.63. The van der Waals surface area contributed by atoms with Crippen LogP contribution in [0, 0.1) is 23.2 Å². The van der Waals surface area contributed by atoms with Crippen LogP contribution in [-0.2, 0) is 4.79 Å². The molecule has 0 aliphatic heterocycles. The molecule has 1 N–H and O–H groups in total. The Morgan fingerprint density at radius 1 is 1.54 bits per heavy atom. The standard InChI is InChI=1S/C10H16N2O/c1-5-8(4)12-10(13)9(6-11)7(2)3/h5,7-9H,1H2,2-4H3,(H,12,13). The normalized spacial score (nSPS) is 14.4. The molecule has 0 radical (unpaired) electrons. The van der Waals surface area contributed by atoms with Crippen LogP contribution in [0.15, 0.2) is 12.7 Å². The fourth-order valence-electron chi connectivity index (χ4n) is 0.884. The summed E-state index contributed by atoms with van der Waals surface area (Å²) in [5.41, 5.74) is 0. The second kappa shape index (κ2) is 5.36. The van der Waals surface area contributed by atoms with Gasteiger partial charge in [0.15, 0.2) is 0 Å². The zero-order chi connectivity index (χ0) is 10.4. The van der Waals surface area contributed by atoms with Gasteiger partial charge in [-0.3, -0.25) is 4.79 Å². The monoisotopic (exact) mass is 180 g/mol. The Labute approximate surface area is 79.4 Å². The van der Waals surface area contributed by atoms with E-state index in [2.05, 4.69) is 11.9 Å². The van der Waals surface area contributed by atoms with Crippen LogP contribution in [0.4, 0.5) is 0 Å². The average Bonchev–Trinajstić information content (AvgIpc) is 2.04. The number of hydrogen-bond acceptors (Lipinski definition) is 2. The van der Waals surface area contributed by atoms with E-state index in [1.165, 1.54) is 0 Å². The second-order valence-corrected chi connectivity index (χ2v) is 3.38. The van der Waals surface area contributed by atoms with Crippen LogP contribution in [0.25, 0.3) is 0 Å². The van der Waals surface area contributed by atoms with Crippen LogP contribution in [0.2, 0.25) is 0 Å². The maximum atomic E-state index is 11.4. The van der Waals surface area contributed by atoms with Gasteiger partial charge in [-0.25, -0.2) is 0 Å². The minimum Gasteiger partial charge on any atom is -0.349 e. The number of carbonyl (C=O) groups excluding carboxylic acids is 1. The molecule has 13 heavy (non-hydrogen) atoms. The van der Waals surface area contributed by atoms with E-state index >= 15 is 0 Å². The molecule has 1 amide bonds. The van der Waals surface area contributed by atoms with E-state index in [0.717, 1.165) is 0 Å². The first-order valence-corrected chi connectivity index (χ1v) is 4.35. The summed E-state index contributed by atoms with van der Waals surface area (Å²) in [4.78, 5) is 11.4. The molecule has 0 aliphatic carbocycles. The molecule has 0 aliphatic rings. The molecule has 3 nitrogen and oxygen atoms in total. The molecule has 0 fully saturated rings. The predicted octanol–water partition coefficient (Wildman–Crippen LogP) is 1.47. The Balaban J connectivity index is 4.24. The van der Waals surface area contributed by atoms with Gasteiger partial charge < -0.3 is 5.32 Å². The summed E-state index contributed by atoms with van der Waals surface area (Å²) in [6, 6.07) is 1.90. The Morgan fingerprint density at radius 3 is 2.38 bits per heavy atom. The molecule has 72 valence electrons. The summed E-state index contributed by atoms with van der Waals surface area (Å²) in [6.45, 7) is 9.07. The highest BCUT2D eigenvalue weighted by Crippen LogP contribution is 2.09. The largest absolute Gasteiger partial charge is 0.349 e. The first-order valence-electron chi connectivity index (χ1n) is 4.35. The molecule has 0 aromatic heterocycles. The van der Waals surface area contributed by atoms with Crippen LogP contribution in [0.5, 0.6) is 0 Å². The van der Waals surface area contributed by atoms with Crippen molar-refractivity contribution in [3.05, 3.63) is 12.7 Å². The van der Waals surface area contributed by atoms with Crippen LogP contribution in [0.3, 0.4) is 0 Å². The van der Waals surface area contributed by atoms with Crippen molar-refractivity contribution in [2.24, 2.45) is 11.8 Å². The first-order chi connectivity index (χ1) is 6.02. The lowest BCUT2D eigenvalue weighted by Crippen LogP contribution is -2.37. The first kappa shape index (κ1) is 11.7. The molecule has 0 rings (SSSR count). The van der Waals surface area contributed by atoms with Crippen molar-refractivity contribution in [2.75, 3.05) is 0 Å². The minimum absolute atomic E-state index is 0.0435. The summed E-state index contributed by atoms with van der Waals surface area (Å²) in [7, 11) is 0. The molecule has 0 aromatic rings. The minimum atomic E-state index is -0.567. The van der Waals surface area contributed by atoms with Crippen molar-refractivity contribution in [3.63, 3.8) is 0 Å². The molecule has 3 heteroatoms. The highest BCUT2D eigenvalue weighted by molar-refractivity contribution is 5.81. The fraction of sp³-hybridized carbons (Fsp3) is 0.600. The lowest BCUT2D eigenvalue weighted by Gasteiger charge is -2.15. The number of hydrogen-bond donors (Lipinski definition) is 1. The highest BCUT2D eigenvalue weighted by atomic mass is 16.1. The van der Waals surface area contributed by atoms with Crippen molar-refractivity contribution in [1.82, 2.24) is 5.32 Å². The molecule has 0 heterocycles. The van der Waals surface area contributed by atoms with Crippen molar-refractivity contribution >= 4 is 5.91 Å². The number of amides is 1. The molecule has 2 unspecified atom stereocenters. The third kappa shape index (κ3) is 3.75. The zero-order valence-corrected chi connectivity index (χ0v) is 8.37. The number of carbonyl (C=O) groups is 1. The van der Waals surface area contributed by atoms with E-state index in [9.17, 15) is 4.79 Å². The summed E-state index contributed by atoms with van der Waals surface area (Å²) in [5.74, 6) is -0.741. The van der Waals surface area contributed by atoms with Crippen molar-refractivity contribution < 1.29 is 4.79 Å². The molecule has 2 atom stereocenters. The third-order valence-corrected chi connectivity index (χ3v) is 1.81. The lowest BCUT2D eigenvalue weighted by atomic mass is 9.96. The number of nitriles is 1. The highest BCUT2D eigenvalue weighted by Gasteiger charge is 2.21. The third-order valence-electron chi connectivity index (χ3n) is 1.81. The van der Waals surface area contributed by atoms with E-state index in [0.29, 0.717) is 0 Å². The summed E-state index contributed by atoms with van der Waals surface area (Å²) < 4.78 is 0. The second-order valence-electron chi connectivity index (χ2n) is 3.38. The van der Waals surface area contributed by atoms with Gasteiger partial charge in [0.05, 0.1) is 6.07 Å². The smallest absolute Gasteiger partial charge is 0.238 e. The average molecular weight is 180 g/mol. The summed E-state index contributed by atoms with van der Waals surface area (Å²) in [5, 5.41) is 11.4. The lowest BCUT2D eigenvalue weighted by molar-refractivity contribution is -0.124. The topological polar surface area (TPSA) is 52.9 Å². The van der Waals surface area contributed by atoms with E-state index in [-0.39, 0.29) is 17.9 Å². The van der Waals surface area contributed by atoms with E-state index in [1.54, 1.807) is 6.08 Å². The van der Waals surface area contributed by atoms with Crippen LogP contribution in [-0.4, -0.2) is 11.9 Å². The molecular weight excluding hydrogens is 164 g/mol. The van der Waals surface area contributed by atoms with Gasteiger partial charge in [-0.1, -0.05) is 19.9 Å². The van der Waals surface area contributed by atoms with E-state index < -0.39 is 5.92 Å². The van der Waals surface area contributed by atoms with Crippen LogP contribution < -0.4 is 5.32 Å². The Kier molecular flexibility index (Phi) is 4.83.